The molecule has 0 fully saturated rings. The Hall–Kier alpha value is -1.39. The number of nitrogens with zero attached hydrogens (tertiary/aromatic N) is 2. The first-order valence-corrected chi connectivity index (χ1v) is 7.99. The van der Waals surface area contributed by atoms with Crippen molar-refractivity contribution in [2.45, 2.75) is 32.9 Å². The van der Waals surface area contributed by atoms with Crippen molar-refractivity contribution >= 4 is 17.2 Å². The van der Waals surface area contributed by atoms with Crippen molar-refractivity contribution in [3.05, 3.63) is 46.3 Å². The number of likely N-dealkylation sites (N-methyl/N-ethyl adjacent to an activating group) is 1. The summed E-state index contributed by atoms with van der Waals surface area (Å²) in [4.78, 5) is 8.24. The number of nitrogens with one attached hydrogen (secondary N) is 1. The minimum atomic E-state index is 0.445. The van der Waals surface area contributed by atoms with E-state index in [9.17, 15) is 0 Å². The van der Waals surface area contributed by atoms with Crippen molar-refractivity contribution in [1.29, 1.82) is 0 Å². The molecule has 20 heavy (non-hydrogen) atoms. The summed E-state index contributed by atoms with van der Waals surface area (Å²) in [5.74, 6) is 1.04. The van der Waals surface area contributed by atoms with Crippen LogP contribution in [0.2, 0.25) is 0 Å². The highest BCUT2D eigenvalue weighted by Crippen LogP contribution is 2.18. The zero-order valence-corrected chi connectivity index (χ0v) is 13.3. The van der Waals surface area contributed by atoms with Crippen LogP contribution >= 0.6 is 11.3 Å². The van der Waals surface area contributed by atoms with Crippen LogP contribution in [0.1, 0.15) is 24.3 Å². The highest BCUT2D eigenvalue weighted by atomic mass is 32.1. The van der Waals surface area contributed by atoms with Gasteiger partial charge in [0.2, 0.25) is 0 Å². The number of aromatic nitrogens is 1. The molecule has 1 N–H and O–H groups in total. The number of pyridine rings is 1. The molecule has 2 rings (SSSR count). The van der Waals surface area contributed by atoms with Crippen LogP contribution in [-0.4, -0.2) is 24.6 Å². The van der Waals surface area contributed by atoms with Gasteiger partial charge in [-0.3, -0.25) is 0 Å². The predicted octanol–water partition coefficient (Wildman–Crippen LogP) is 3.32. The minimum Gasteiger partial charge on any atom is -0.357 e. The fourth-order valence-electron chi connectivity index (χ4n) is 2.08. The third-order valence-electron chi connectivity index (χ3n) is 3.49. The van der Waals surface area contributed by atoms with Crippen LogP contribution in [0.4, 0.5) is 5.82 Å². The van der Waals surface area contributed by atoms with Crippen LogP contribution in [-0.2, 0) is 13.0 Å². The molecule has 2 heterocycles. The molecule has 0 amide bonds. The quantitative estimate of drug-likeness (QED) is 0.847. The lowest BCUT2D eigenvalue weighted by Gasteiger charge is -2.25. The highest BCUT2D eigenvalue weighted by Gasteiger charge is 2.12. The third-order valence-corrected chi connectivity index (χ3v) is 4.39. The monoisotopic (exact) mass is 289 g/mol. The number of anilines is 1. The molecule has 2 aromatic heterocycles. The van der Waals surface area contributed by atoms with Gasteiger partial charge >= 0.3 is 0 Å². The van der Waals surface area contributed by atoms with E-state index < -0.39 is 0 Å². The largest absolute Gasteiger partial charge is 0.357 e. The molecule has 3 nitrogen and oxygen atoms in total. The Kier molecular flexibility index (Phi) is 5.56. The molecule has 0 aliphatic carbocycles. The normalized spacial score (nSPS) is 12.3. The molecule has 4 heteroatoms. The van der Waals surface area contributed by atoms with Crippen LogP contribution in [0.3, 0.4) is 0 Å². The maximum atomic E-state index is 4.57. The number of hydrogen-bond donors (Lipinski definition) is 1. The maximum Gasteiger partial charge on any atom is 0.128 e. The van der Waals surface area contributed by atoms with Crippen LogP contribution < -0.4 is 10.2 Å². The van der Waals surface area contributed by atoms with E-state index in [1.807, 2.05) is 17.5 Å². The van der Waals surface area contributed by atoms with Gasteiger partial charge in [-0.15, -0.1) is 11.3 Å². The fraction of sp³-hybridized carbons (Fsp3) is 0.438. The van der Waals surface area contributed by atoms with Gasteiger partial charge in [0.25, 0.3) is 0 Å². The van der Waals surface area contributed by atoms with E-state index in [1.165, 1.54) is 10.4 Å². The molecular formula is C16H23N3S. The summed E-state index contributed by atoms with van der Waals surface area (Å²) < 4.78 is 0. The van der Waals surface area contributed by atoms with Gasteiger partial charge in [0.1, 0.15) is 5.82 Å². The zero-order valence-electron chi connectivity index (χ0n) is 12.5. The third kappa shape index (κ3) is 4.05. The second-order valence-electron chi connectivity index (χ2n) is 5.05. The number of rotatable bonds is 7. The summed E-state index contributed by atoms with van der Waals surface area (Å²) in [6.07, 6.45) is 3.03. The van der Waals surface area contributed by atoms with Crippen molar-refractivity contribution in [3.8, 4) is 0 Å². The van der Waals surface area contributed by atoms with Crippen molar-refractivity contribution in [2.75, 3.05) is 18.5 Å². The van der Waals surface area contributed by atoms with Gasteiger partial charge in [0, 0.05) is 37.1 Å². The van der Waals surface area contributed by atoms with E-state index in [2.05, 4.69) is 65.7 Å². The first kappa shape index (κ1) is 15.0. The second-order valence-corrected chi connectivity index (χ2v) is 6.08. The van der Waals surface area contributed by atoms with Crippen LogP contribution in [0.5, 0.6) is 0 Å². The van der Waals surface area contributed by atoms with Gasteiger partial charge in [-0.2, -0.15) is 0 Å². The van der Waals surface area contributed by atoms with Crippen LogP contribution in [0.15, 0.2) is 35.8 Å². The van der Waals surface area contributed by atoms with Crippen LogP contribution in [0.25, 0.3) is 0 Å². The lowest BCUT2D eigenvalue weighted by molar-refractivity contribution is 0.678. The average molecular weight is 289 g/mol. The van der Waals surface area contributed by atoms with Crippen LogP contribution in [0, 0.1) is 0 Å². The summed E-state index contributed by atoms with van der Waals surface area (Å²) in [6, 6.07) is 9.01. The molecule has 0 saturated carbocycles. The van der Waals surface area contributed by atoms with E-state index in [0.717, 1.165) is 25.3 Å². The Morgan fingerprint density at radius 1 is 1.35 bits per heavy atom. The molecule has 1 atom stereocenters. The zero-order chi connectivity index (χ0) is 14.4. The van der Waals surface area contributed by atoms with Gasteiger partial charge in [-0.1, -0.05) is 19.1 Å². The first-order valence-electron chi connectivity index (χ1n) is 7.11. The Balaban J connectivity index is 1.95. The minimum absolute atomic E-state index is 0.445. The Morgan fingerprint density at radius 3 is 2.80 bits per heavy atom. The molecule has 108 valence electrons. The molecule has 0 bridgehead atoms. The number of hydrogen-bond acceptors (Lipinski definition) is 4. The van der Waals surface area contributed by atoms with Crippen molar-refractivity contribution < 1.29 is 0 Å². The lowest BCUT2D eigenvalue weighted by Crippen LogP contribution is -2.31. The smallest absolute Gasteiger partial charge is 0.128 e. The molecule has 0 aliphatic heterocycles. The van der Waals surface area contributed by atoms with Crippen molar-refractivity contribution in [3.63, 3.8) is 0 Å². The molecule has 0 radical (unpaired) electrons. The Labute approximate surface area is 125 Å². The van der Waals surface area contributed by atoms with Gasteiger partial charge in [0.05, 0.1) is 0 Å². The molecule has 2 aromatic rings. The SMILES string of the molecule is CCNCc1ccc(N(C)C(C)Cc2cccs2)nc1. The second kappa shape index (κ2) is 7.41. The van der Waals surface area contributed by atoms with E-state index >= 15 is 0 Å². The molecular weight excluding hydrogens is 266 g/mol. The van der Waals surface area contributed by atoms with E-state index in [0.29, 0.717) is 6.04 Å². The van der Waals surface area contributed by atoms with Crippen molar-refractivity contribution in [2.24, 2.45) is 0 Å². The highest BCUT2D eigenvalue weighted by molar-refractivity contribution is 7.09. The van der Waals surface area contributed by atoms with E-state index in [4.69, 9.17) is 0 Å². The number of thiophene rings is 1. The van der Waals surface area contributed by atoms with E-state index in [1.54, 1.807) is 0 Å². The molecule has 0 spiro atoms. The Bertz CT molecular complexity index is 493. The summed E-state index contributed by atoms with van der Waals surface area (Å²) in [7, 11) is 2.12. The lowest BCUT2D eigenvalue weighted by atomic mass is 10.2. The van der Waals surface area contributed by atoms with Gasteiger partial charge in [-0.05, 0) is 36.5 Å². The predicted molar refractivity (Wildman–Crippen MR) is 87.5 cm³/mol. The van der Waals surface area contributed by atoms with Gasteiger partial charge in [0.15, 0.2) is 0 Å². The fourth-order valence-corrected chi connectivity index (χ4v) is 2.91. The summed E-state index contributed by atoms with van der Waals surface area (Å²) in [5, 5.41) is 5.45. The Morgan fingerprint density at radius 2 is 2.20 bits per heavy atom. The standard InChI is InChI=1S/C16H23N3S/c1-4-17-11-14-7-8-16(18-12-14)19(3)13(2)10-15-6-5-9-20-15/h5-9,12-13,17H,4,10-11H2,1-3H3. The molecule has 0 saturated heterocycles. The topological polar surface area (TPSA) is 28.2 Å². The summed E-state index contributed by atoms with van der Waals surface area (Å²) in [6.45, 7) is 6.23. The van der Waals surface area contributed by atoms with Gasteiger partial charge in [-0.25, -0.2) is 4.98 Å². The molecule has 1 unspecified atom stereocenters. The van der Waals surface area contributed by atoms with Gasteiger partial charge < -0.3 is 10.2 Å². The average Bonchev–Trinajstić information content (AvgIpc) is 2.97. The first-order chi connectivity index (χ1) is 9.70. The molecule has 0 aliphatic rings. The van der Waals surface area contributed by atoms with Crippen molar-refractivity contribution in [1.82, 2.24) is 10.3 Å². The summed E-state index contributed by atoms with van der Waals surface area (Å²) >= 11 is 1.82. The molecule has 0 aromatic carbocycles. The maximum absolute atomic E-state index is 4.57. The van der Waals surface area contributed by atoms with E-state index in [-0.39, 0.29) is 0 Å². The summed E-state index contributed by atoms with van der Waals surface area (Å²) in [5.41, 5.74) is 1.23.